The van der Waals surface area contributed by atoms with Gasteiger partial charge in [0.05, 0.1) is 11.8 Å². The van der Waals surface area contributed by atoms with E-state index in [4.69, 9.17) is 4.74 Å². The van der Waals surface area contributed by atoms with Gasteiger partial charge in [-0.15, -0.1) is 0 Å². The van der Waals surface area contributed by atoms with Gasteiger partial charge in [0.15, 0.2) is 12.4 Å². The van der Waals surface area contributed by atoms with Crippen molar-refractivity contribution in [3.05, 3.63) is 35.6 Å². The normalized spacial score (nSPS) is 22.7. The number of hydrogen-bond donors (Lipinski definition) is 0. The molecule has 1 saturated carbocycles. The van der Waals surface area contributed by atoms with Gasteiger partial charge in [-0.25, -0.2) is 4.39 Å². The predicted molar refractivity (Wildman–Crippen MR) is 83.9 cm³/mol. The summed E-state index contributed by atoms with van der Waals surface area (Å²) >= 11 is 0. The van der Waals surface area contributed by atoms with Crippen LogP contribution >= 0.6 is 0 Å². The summed E-state index contributed by atoms with van der Waals surface area (Å²) in [5.74, 6) is -3.06. The standard InChI is InChI=1S/C18H18FNO5/c19-12-7-5-11(6-8-12)15(21)10-25-16(22)9-20-17(23)13-3-1-2-4-14(13)18(20)24/h5-8,13-14H,1-4,9-10H2/t13-,14-/m1/s1. The Morgan fingerprint density at radius 1 is 1.04 bits per heavy atom. The third kappa shape index (κ3) is 3.60. The van der Waals surface area contributed by atoms with E-state index in [2.05, 4.69) is 0 Å². The molecule has 0 aromatic heterocycles. The Morgan fingerprint density at radius 2 is 1.60 bits per heavy atom. The maximum atomic E-state index is 12.8. The first kappa shape index (κ1) is 17.3. The van der Waals surface area contributed by atoms with Crippen molar-refractivity contribution in [3.63, 3.8) is 0 Å². The summed E-state index contributed by atoms with van der Waals surface area (Å²) in [5.41, 5.74) is 0.216. The van der Waals surface area contributed by atoms with Gasteiger partial charge in [-0.05, 0) is 37.1 Å². The molecule has 1 saturated heterocycles. The van der Waals surface area contributed by atoms with Crippen molar-refractivity contribution in [1.29, 1.82) is 0 Å². The molecule has 0 N–H and O–H groups in total. The molecule has 2 fully saturated rings. The van der Waals surface area contributed by atoms with Crippen molar-refractivity contribution < 1.29 is 28.3 Å². The number of halogens is 1. The first-order valence-electron chi connectivity index (χ1n) is 8.27. The van der Waals surface area contributed by atoms with Crippen LogP contribution < -0.4 is 0 Å². The minimum atomic E-state index is -0.809. The lowest BCUT2D eigenvalue weighted by molar-refractivity contribution is -0.152. The Bertz CT molecular complexity index is 691. The first-order chi connectivity index (χ1) is 12.0. The second-order valence-electron chi connectivity index (χ2n) is 6.35. The zero-order valence-electron chi connectivity index (χ0n) is 13.6. The minimum absolute atomic E-state index is 0.216. The quantitative estimate of drug-likeness (QED) is 0.460. The Labute approximate surface area is 143 Å². The zero-order chi connectivity index (χ0) is 18.0. The van der Waals surface area contributed by atoms with E-state index in [9.17, 15) is 23.6 Å². The molecule has 0 unspecified atom stereocenters. The fourth-order valence-corrected chi connectivity index (χ4v) is 3.43. The molecular formula is C18H18FNO5. The zero-order valence-corrected chi connectivity index (χ0v) is 13.6. The first-order valence-corrected chi connectivity index (χ1v) is 8.27. The predicted octanol–water partition coefficient (Wildman–Crippen LogP) is 1.73. The Balaban J connectivity index is 1.54. The number of ketones is 1. The summed E-state index contributed by atoms with van der Waals surface area (Å²) in [6.45, 7) is -0.991. The number of rotatable bonds is 5. The Hall–Kier alpha value is -2.57. The summed E-state index contributed by atoms with van der Waals surface area (Å²) < 4.78 is 17.7. The molecular weight excluding hydrogens is 329 g/mol. The van der Waals surface area contributed by atoms with Crippen LogP contribution in [0.5, 0.6) is 0 Å². The molecule has 2 aliphatic rings. The molecule has 2 amide bonds. The van der Waals surface area contributed by atoms with E-state index in [0.717, 1.165) is 29.9 Å². The van der Waals surface area contributed by atoms with E-state index >= 15 is 0 Å². The fourth-order valence-electron chi connectivity index (χ4n) is 3.43. The van der Waals surface area contributed by atoms with Crippen molar-refractivity contribution in [1.82, 2.24) is 4.90 Å². The highest BCUT2D eigenvalue weighted by molar-refractivity contribution is 6.07. The highest BCUT2D eigenvalue weighted by Crippen LogP contribution is 2.37. The number of carbonyl (C=O) groups excluding carboxylic acids is 4. The Kier molecular flexibility index (Phi) is 4.92. The summed E-state index contributed by atoms with van der Waals surface area (Å²) in [6, 6.07) is 4.87. The minimum Gasteiger partial charge on any atom is -0.456 e. The lowest BCUT2D eigenvalue weighted by atomic mass is 9.81. The van der Waals surface area contributed by atoms with Crippen molar-refractivity contribution >= 4 is 23.6 Å². The number of ether oxygens (including phenoxy) is 1. The number of imide groups is 1. The van der Waals surface area contributed by atoms with E-state index < -0.39 is 30.7 Å². The molecule has 0 radical (unpaired) electrons. The average molecular weight is 347 g/mol. The van der Waals surface area contributed by atoms with Crippen LogP contribution in [0.25, 0.3) is 0 Å². The molecule has 1 aromatic carbocycles. The summed E-state index contributed by atoms with van der Waals surface area (Å²) in [6.07, 6.45) is 3.16. The van der Waals surface area contributed by atoms with Crippen molar-refractivity contribution in [3.8, 4) is 0 Å². The molecule has 1 heterocycles. The van der Waals surface area contributed by atoms with Crippen molar-refractivity contribution in [2.45, 2.75) is 25.7 Å². The van der Waals surface area contributed by atoms with Crippen LogP contribution in [-0.4, -0.2) is 41.6 Å². The third-order valence-corrected chi connectivity index (χ3v) is 4.75. The number of Topliss-reactive ketones (excluding diaryl/α,β-unsaturated/α-hetero) is 1. The summed E-state index contributed by atoms with van der Waals surface area (Å²) in [7, 11) is 0. The van der Waals surface area contributed by atoms with Gasteiger partial charge in [-0.2, -0.15) is 0 Å². The van der Waals surface area contributed by atoms with Gasteiger partial charge >= 0.3 is 5.97 Å². The number of benzene rings is 1. The maximum absolute atomic E-state index is 12.8. The molecule has 1 aliphatic carbocycles. The molecule has 132 valence electrons. The van der Waals surface area contributed by atoms with E-state index in [1.165, 1.54) is 12.1 Å². The van der Waals surface area contributed by atoms with E-state index in [0.29, 0.717) is 12.8 Å². The molecule has 6 nitrogen and oxygen atoms in total. The van der Waals surface area contributed by atoms with E-state index in [1.807, 2.05) is 0 Å². The molecule has 3 rings (SSSR count). The SMILES string of the molecule is O=C(CN1C(=O)[C@@H]2CCCC[C@H]2C1=O)OCC(=O)c1ccc(F)cc1. The monoisotopic (exact) mass is 347 g/mol. The van der Waals surface area contributed by atoms with Gasteiger partial charge in [0.2, 0.25) is 11.8 Å². The number of esters is 1. The van der Waals surface area contributed by atoms with Crippen LogP contribution in [-0.2, 0) is 19.1 Å². The van der Waals surface area contributed by atoms with Crippen LogP contribution in [0.3, 0.4) is 0 Å². The van der Waals surface area contributed by atoms with Gasteiger partial charge in [0.1, 0.15) is 12.4 Å². The number of carbonyl (C=O) groups is 4. The van der Waals surface area contributed by atoms with Gasteiger partial charge in [-0.1, -0.05) is 12.8 Å². The lowest BCUT2D eigenvalue weighted by Crippen LogP contribution is -2.37. The number of likely N-dealkylation sites (tertiary alicyclic amines) is 1. The largest absolute Gasteiger partial charge is 0.456 e. The topological polar surface area (TPSA) is 80.8 Å². The highest BCUT2D eigenvalue weighted by Gasteiger charge is 2.48. The van der Waals surface area contributed by atoms with Gasteiger partial charge in [0.25, 0.3) is 0 Å². The maximum Gasteiger partial charge on any atom is 0.326 e. The van der Waals surface area contributed by atoms with Crippen LogP contribution in [0.15, 0.2) is 24.3 Å². The van der Waals surface area contributed by atoms with Crippen LogP contribution in [0, 0.1) is 17.7 Å². The number of nitrogens with zero attached hydrogens (tertiary/aromatic N) is 1. The molecule has 0 bridgehead atoms. The lowest BCUT2D eigenvalue weighted by Gasteiger charge is -2.19. The van der Waals surface area contributed by atoms with Gasteiger partial charge < -0.3 is 4.74 Å². The van der Waals surface area contributed by atoms with Crippen LogP contribution in [0.4, 0.5) is 4.39 Å². The molecule has 7 heteroatoms. The van der Waals surface area contributed by atoms with E-state index in [1.54, 1.807) is 0 Å². The number of amides is 2. The average Bonchev–Trinajstić information content (AvgIpc) is 2.86. The second-order valence-corrected chi connectivity index (χ2v) is 6.35. The summed E-state index contributed by atoms with van der Waals surface area (Å²) in [5, 5.41) is 0. The van der Waals surface area contributed by atoms with Crippen molar-refractivity contribution in [2.24, 2.45) is 11.8 Å². The second kappa shape index (κ2) is 7.13. The van der Waals surface area contributed by atoms with Gasteiger partial charge in [-0.3, -0.25) is 24.1 Å². The molecule has 1 aromatic rings. The molecule has 0 spiro atoms. The fraction of sp³-hybridized carbons (Fsp3) is 0.444. The number of fused-ring (bicyclic) bond motifs is 1. The van der Waals surface area contributed by atoms with Crippen LogP contribution in [0.2, 0.25) is 0 Å². The molecule has 1 aliphatic heterocycles. The molecule has 25 heavy (non-hydrogen) atoms. The van der Waals surface area contributed by atoms with Gasteiger partial charge in [0, 0.05) is 5.56 Å². The summed E-state index contributed by atoms with van der Waals surface area (Å²) in [4.78, 5) is 49.3. The Morgan fingerprint density at radius 3 is 2.16 bits per heavy atom. The highest BCUT2D eigenvalue weighted by atomic mass is 19.1. The van der Waals surface area contributed by atoms with Crippen molar-refractivity contribution in [2.75, 3.05) is 13.2 Å². The third-order valence-electron chi connectivity index (χ3n) is 4.75. The van der Waals surface area contributed by atoms with E-state index in [-0.39, 0.29) is 29.2 Å². The molecule has 2 atom stereocenters. The van der Waals surface area contributed by atoms with Crippen LogP contribution in [0.1, 0.15) is 36.0 Å². The smallest absolute Gasteiger partial charge is 0.326 e. The number of hydrogen-bond acceptors (Lipinski definition) is 5.